The van der Waals surface area contributed by atoms with Crippen molar-refractivity contribution in [1.29, 1.82) is 0 Å². The average Bonchev–Trinajstić information content (AvgIpc) is 2.22. The molecule has 0 saturated heterocycles. The normalized spacial score (nSPS) is 12.5. The number of amidine groups is 1. The molecule has 0 heterocycles. The number of nitrogens with one attached hydrogen (secondary N) is 1. The van der Waals surface area contributed by atoms with Gasteiger partial charge in [0.05, 0.1) is 7.11 Å². The largest absolute Gasteiger partial charge is 0.467 e. The van der Waals surface area contributed by atoms with E-state index in [0.29, 0.717) is 12.4 Å². The van der Waals surface area contributed by atoms with Crippen LogP contribution in [0.2, 0.25) is 0 Å². The molecule has 0 aliphatic carbocycles. The Kier molecular flexibility index (Phi) is 5.88. The van der Waals surface area contributed by atoms with Crippen molar-refractivity contribution >= 4 is 11.8 Å². The molecular weight excluding hydrogens is 198 g/mol. The molecule has 0 fully saturated rings. The highest BCUT2D eigenvalue weighted by atomic mass is 16.6. The second kappa shape index (κ2) is 6.36. The van der Waals surface area contributed by atoms with Crippen LogP contribution in [0, 0.1) is 0 Å². The molecule has 0 aromatic carbocycles. The summed E-state index contributed by atoms with van der Waals surface area (Å²) in [4.78, 5) is 15.3. The zero-order valence-corrected chi connectivity index (χ0v) is 9.66. The summed E-state index contributed by atoms with van der Waals surface area (Å²) in [5, 5.41) is 0. The minimum absolute atomic E-state index is 0.145. The molecule has 0 aromatic rings. The van der Waals surface area contributed by atoms with Gasteiger partial charge in [0.15, 0.2) is 5.60 Å². The lowest BCUT2D eigenvalue weighted by atomic mass is 10.1. The van der Waals surface area contributed by atoms with E-state index in [1.54, 1.807) is 13.8 Å². The van der Waals surface area contributed by atoms with Crippen LogP contribution in [0.5, 0.6) is 0 Å². The van der Waals surface area contributed by atoms with Gasteiger partial charge in [0.1, 0.15) is 12.4 Å². The predicted molar refractivity (Wildman–Crippen MR) is 57.3 cm³/mol. The van der Waals surface area contributed by atoms with E-state index in [4.69, 9.17) is 10.6 Å². The summed E-state index contributed by atoms with van der Waals surface area (Å²) in [7, 11) is 1.32. The van der Waals surface area contributed by atoms with E-state index < -0.39 is 11.6 Å². The van der Waals surface area contributed by atoms with Crippen molar-refractivity contribution < 1.29 is 14.3 Å². The highest BCUT2D eigenvalue weighted by molar-refractivity contribution is 5.84. The number of methoxy groups -OCH3 is 1. The number of carbonyl (C=O) groups excluding carboxylic acids is 1. The fraction of sp³-hybridized carbons (Fsp3) is 0.778. The Bertz CT molecular complexity index is 239. The monoisotopic (exact) mass is 217 g/mol. The average molecular weight is 217 g/mol. The molecule has 88 valence electrons. The van der Waals surface area contributed by atoms with Crippen LogP contribution in [0.3, 0.4) is 0 Å². The summed E-state index contributed by atoms with van der Waals surface area (Å²) in [5.41, 5.74) is 1.41. The maximum atomic E-state index is 11.3. The van der Waals surface area contributed by atoms with E-state index in [2.05, 4.69) is 15.2 Å². The lowest BCUT2D eigenvalue weighted by Gasteiger charge is -2.22. The molecule has 0 saturated carbocycles. The first-order valence-electron chi connectivity index (χ1n) is 4.70. The van der Waals surface area contributed by atoms with Crippen molar-refractivity contribution in [2.24, 2.45) is 10.8 Å². The summed E-state index contributed by atoms with van der Waals surface area (Å²) >= 11 is 0. The zero-order valence-electron chi connectivity index (χ0n) is 9.66. The third kappa shape index (κ3) is 4.75. The van der Waals surface area contributed by atoms with Crippen LogP contribution in [0.15, 0.2) is 4.99 Å². The molecule has 0 aliphatic rings. The second-order valence-corrected chi connectivity index (χ2v) is 3.36. The standard InChI is InChI=1S/C9H19N3O3/c1-5-11-7(12-10)6-15-9(2,3)8(13)14-4/h5-6,10H2,1-4H3,(H,11,12). The number of esters is 1. The van der Waals surface area contributed by atoms with Crippen LogP contribution >= 0.6 is 0 Å². The van der Waals surface area contributed by atoms with Crippen molar-refractivity contribution in [3.05, 3.63) is 0 Å². The smallest absolute Gasteiger partial charge is 0.337 e. The van der Waals surface area contributed by atoms with Crippen molar-refractivity contribution in [1.82, 2.24) is 5.43 Å². The van der Waals surface area contributed by atoms with Gasteiger partial charge in [-0.05, 0) is 20.8 Å². The van der Waals surface area contributed by atoms with Crippen molar-refractivity contribution in [2.45, 2.75) is 26.4 Å². The maximum absolute atomic E-state index is 11.3. The van der Waals surface area contributed by atoms with Crippen LogP contribution in [-0.4, -0.2) is 37.7 Å². The first-order valence-corrected chi connectivity index (χ1v) is 4.70. The van der Waals surface area contributed by atoms with Crippen LogP contribution in [-0.2, 0) is 14.3 Å². The van der Waals surface area contributed by atoms with Gasteiger partial charge < -0.3 is 14.9 Å². The van der Waals surface area contributed by atoms with Crippen molar-refractivity contribution in [3.63, 3.8) is 0 Å². The Hall–Kier alpha value is -1.14. The molecular formula is C9H19N3O3. The zero-order chi connectivity index (χ0) is 11.9. The number of hydrogen-bond acceptors (Lipinski definition) is 5. The Morgan fingerprint density at radius 1 is 1.53 bits per heavy atom. The van der Waals surface area contributed by atoms with Gasteiger partial charge in [-0.15, -0.1) is 0 Å². The minimum atomic E-state index is -1.000. The number of hydrogen-bond donors (Lipinski definition) is 2. The summed E-state index contributed by atoms with van der Waals surface area (Å²) in [6, 6.07) is 0. The highest BCUT2D eigenvalue weighted by Crippen LogP contribution is 2.10. The minimum Gasteiger partial charge on any atom is -0.467 e. The summed E-state index contributed by atoms with van der Waals surface area (Å²) in [5.74, 6) is 5.28. The molecule has 0 amide bonds. The summed E-state index contributed by atoms with van der Waals surface area (Å²) < 4.78 is 9.93. The fourth-order valence-corrected chi connectivity index (χ4v) is 0.877. The van der Waals surface area contributed by atoms with Gasteiger partial charge in [0, 0.05) is 6.54 Å². The van der Waals surface area contributed by atoms with Gasteiger partial charge in [-0.25, -0.2) is 10.6 Å². The molecule has 0 aromatic heterocycles. The highest BCUT2D eigenvalue weighted by Gasteiger charge is 2.29. The van der Waals surface area contributed by atoms with Crippen molar-refractivity contribution in [3.8, 4) is 0 Å². The number of ether oxygens (including phenoxy) is 2. The molecule has 6 nitrogen and oxygen atoms in total. The first-order chi connectivity index (χ1) is 6.97. The van der Waals surface area contributed by atoms with Crippen LogP contribution < -0.4 is 11.3 Å². The number of aliphatic imine (C=N–C) groups is 1. The number of hydrazine groups is 1. The quantitative estimate of drug-likeness (QED) is 0.220. The SMILES string of the molecule is CCN=C(COC(C)(C)C(=O)OC)NN. The molecule has 0 aliphatic heterocycles. The Morgan fingerprint density at radius 3 is 2.53 bits per heavy atom. The van der Waals surface area contributed by atoms with Gasteiger partial charge in [0.2, 0.25) is 0 Å². The Morgan fingerprint density at radius 2 is 2.13 bits per heavy atom. The molecule has 0 spiro atoms. The van der Waals surface area contributed by atoms with Gasteiger partial charge in [0.25, 0.3) is 0 Å². The van der Waals surface area contributed by atoms with E-state index in [0.717, 1.165) is 0 Å². The summed E-state index contributed by atoms with van der Waals surface area (Å²) in [6.45, 7) is 5.87. The molecule has 3 N–H and O–H groups in total. The van der Waals surface area contributed by atoms with E-state index in [1.165, 1.54) is 7.11 Å². The van der Waals surface area contributed by atoms with Gasteiger partial charge in [-0.3, -0.25) is 4.99 Å². The van der Waals surface area contributed by atoms with Gasteiger partial charge in [-0.2, -0.15) is 0 Å². The molecule has 0 bridgehead atoms. The van der Waals surface area contributed by atoms with Crippen LogP contribution in [0.1, 0.15) is 20.8 Å². The van der Waals surface area contributed by atoms with E-state index >= 15 is 0 Å². The number of carbonyl (C=O) groups is 1. The van der Waals surface area contributed by atoms with Gasteiger partial charge in [-0.1, -0.05) is 0 Å². The predicted octanol–water partition coefficient (Wildman–Crippen LogP) is -0.164. The second-order valence-electron chi connectivity index (χ2n) is 3.36. The van der Waals surface area contributed by atoms with Gasteiger partial charge >= 0.3 is 5.97 Å². The first kappa shape index (κ1) is 13.9. The molecule has 15 heavy (non-hydrogen) atoms. The molecule has 0 radical (unpaired) electrons. The van der Waals surface area contributed by atoms with Crippen LogP contribution in [0.25, 0.3) is 0 Å². The molecule has 0 unspecified atom stereocenters. The molecule has 0 atom stereocenters. The van der Waals surface area contributed by atoms with E-state index in [1.807, 2.05) is 6.92 Å². The van der Waals surface area contributed by atoms with Crippen molar-refractivity contribution in [2.75, 3.05) is 20.3 Å². The number of rotatable bonds is 5. The Balaban J connectivity index is 4.24. The molecule has 6 heteroatoms. The fourth-order valence-electron chi connectivity index (χ4n) is 0.877. The lowest BCUT2D eigenvalue weighted by Crippen LogP contribution is -2.41. The topological polar surface area (TPSA) is 85.9 Å². The summed E-state index contributed by atoms with van der Waals surface area (Å²) in [6.07, 6.45) is 0. The Labute approximate surface area is 89.8 Å². The van der Waals surface area contributed by atoms with Crippen LogP contribution in [0.4, 0.5) is 0 Å². The lowest BCUT2D eigenvalue weighted by molar-refractivity contribution is -0.163. The third-order valence-corrected chi connectivity index (χ3v) is 1.76. The third-order valence-electron chi connectivity index (χ3n) is 1.76. The number of nitrogens with zero attached hydrogens (tertiary/aromatic N) is 1. The molecule has 0 rings (SSSR count). The van der Waals surface area contributed by atoms with E-state index in [-0.39, 0.29) is 6.61 Å². The number of nitrogens with two attached hydrogens (primary N) is 1. The maximum Gasteiger partial charge on any atom is 0.337 e. The van der Waals surface area contributed by atoms with E-state index in [9.17, 15) is 4.79 Å².